The van der Waals surface area contributed by atoms with E-state index in [1.54, 1.807) is 6.20 Å². The van der Waals surface area contributed by atoms with Crippen LogP contribution >= 0.6 is 0 Å². The van der Waals surface area contributed by atoms with Crippen LogP contribution in [0.1, 0.15) is 19.4 Å². The second kappa shape index (κ2) is 8.22. The van der Waals surface area contributed by atoms with Crippen LogP contribution in [0, 0.1) is 0 Å². The lowest BCUT2D eigenvalue weighted by Crippen LogP contribution is -2.47. The zero-order chi connectivity index (χ0) is 21.3. The molecule has 0 amide bonds. The summed E-state index contributed by atoms with van der Waals surface area (Å²) in [5.41, 5.74) is 3.60. The van der Waals surface area contributed by atoms with Crippen LogP contribution in [0.2, 0.25) is 0 Å². The Hall–Kier alpha value is -2.67. The van der Waals surface area contributed by atoms with Crippen molar-refractivity contribution in [3.05, 3.63) is 59.3 Å². The van der Waals surface area contributed by atoms with Gasteiger partial charge in [-0.1, -0.05) is 12.1 Å². The molecule has 2 aromatic rings. The van der Waals surface area contributed by atoms with Crippen LogP contribution in [-0.4, -0.2) is 54.9 Å². The standard InChI is InChI=1S/C23H25F3N4/c1-16-17(2)28-14-19(16)15-29-10-12-30(13-11-29)22-21(4-3-9-27-22)18-5-7-20(8-6-18)23(24,25)26/h3-9,14,17H,10-13,15H2,1-2H3. The minimum Gasteiger partial charge on any atom is -0.354 e. The Morgan fingerprint density at radius 3 is 2.33 bits per heavy atom. The van der Waals surface area contributed by atoms with E-state index in [2.05, 4.69) is 33.6 Å². The topological polar surface area (TPSA) is 31.7 Å². The summed E-state index contributed by atoms with van der Waals surface area (Å²) in [7, 11) is 0. The predicted molar refractivity (Wildman–Crippen MR) is 114 cm³/mol. The van der Waals surface area contributed by atoms with Crippen molar-refractivity contribution in [3.8, 4) is 11.1 Å². The minimum absolute atomic E-state index is 0.279. The second-order valence-electron chi connectivity index (χ2n) is 7.88. The first-order chi connectivity index (χ1) is 14.3. The number of alkyl halides is 3. The van der Waals surface area contributed by atoms with Crippen molar-refractivity contribution in [1.29, 1.82) is 0 Å². The van der Waals surface area contributed by atoms with E-state index in [1.807, 2.05) is 18.3 Å². The lowest BCUT2D eigenvalue weighted by Gasteiger charge is -2.36. The molecular weight excluding hydrogens is 389 g/mol. The third-order valence-corrected chi connectivity index (χ3v) is 5.96. The van der Waals surface area contributed by atoms with Gasteiger partial charge in [-0.05, 0) is 54.8 Å². The van der Waals surface area contributed by atoms with Gasteiger partial charge in [-0.15, -0.1) is 0 Å². The molecular formula is C23H25F3N4. The molecule has 0 spiro atoms. The van der Waals surface area contributed by atoms with Gasteiger partial charge in [0.2, 0.25) is 0 Å². The van der Waals surface area contributed by atoms with Crippen LogP contribution in [0.3, 0.4) is 0 Å². The Morgan fingerprint density at radius 1 is 1.03 bits per heavy atom. The van der Waals surface area contributed by atoms with Crippen molar-refractivity contribution in [3.63, 3.8) is 0 Å². The maximum Gasteiger partial charge on any atom is 0.416 e. The molecule has 0 saturated carbocycles. The summed E-state index contributed by atoms with van der Waals surface area (Å²) in [6.45, 7) is 8.62. The molecule has 0 bridgehead atoms. The molecule has 3 heterocycles. The van der Waals surface area contributed by atoms with Crippen LogP contribution in [-0.2, 0) is 6.18 Å². The van der Waals surface area contributed by atoms with E-state index >= 15 is 0 Å². The Balaban J connectivity index is 1.47. The molecule has 1 unspecified atom stereocenters. The maximum absolute atomic E-state index is 12.9. The van der Waals surface area contributed by atoms with Crippen molar-refractivity contribution in [2.24, 2.45) is 4.99 Å². The summed E-state index contributed by atoms with van der Waals surface area (Å²) < 4.78 is 38.7. The summed E-state index contributed by atoms with van der Waals surface area (Å²) in [5, 5.41) is 0. The lowest BCUT2D eigenvalue weighted by atomic mass is 10.0. The Bertz CT molecular complexity index is 955. The number of anilines is 1. The average molecular weight is 414 g/mol. The largest absolute Gasteiger partial charge is 0.416 e. The van der Waals surface area contributed by atoms with Crippen molar-refractivity contribution >= 4 is 12.0 Å². The Morgan fingerprint density at radius 2 is 1.73 bits per heavy atom. The highest BCUT2D eigenvalue weighted by atomic mass is 19.4. The molecule has 1 fully saturated rings. The van der Waals surface area contributed by atoms with Crippen LogP contribution in [0.25, 0.3) is 11.1 Å². The van der Waals surface area contributed by atoms with Crippen LogP contribution < -0.4 is 4.90 Å². The van der Waals surface area contributed by atoms with Gasteiger partial charge in [-0.2, -0.15) is 13.2 Å². The lowest BCUT2D eigenvalue weighted by molar-refractivity contribution is -0.137. The number of piperazine rings is 1. The van der Waals surface area contributed by atoms with Crippen molar-refractivity contribution < 1.29 is 13.2 Å². The van der Waals surface area contributed by atoms with Gasteiger partial charge >= 0.3 is 6.18 Å². The molecule has 4 nitrogen and oxygen atoms in total. The van der Waals surface area contributed by atoms with Gasteiger partial charge in [0.1, 0.15) is 5.82 Å². The zero-order valence-electron chi connectivity index (χ0n) is 17.2. The van der Waals surface area contributed by atoms with Gasteiger partial charge in [0.25, 0.3) is 0 Å². The third kappa shape index (κ3) is 4.26. The van der Waals surface area contributed by atoms with E-state index < -0.39 is 11.7 Å². The molecule has 0 aliphatic carbocycles. The van der Waals surface area contributed by atoms with Crippen molar-refractivity contribution in [1.82, 2.24) is 9.88 Å². The van der Waals surface area contributed by atoms with E-state index in [0.717, 1.165) is 61.8 Å². The molecule has 1 aromatic carbocycles. The van der Waals surface area contributed by atoms with Gasteiger partial charge in [0.05, 0.1) is 11.6 Å². The first-order valence-corrected chi connectivity index (χ1v) is 10.2. The number of hydrogen-bond acceptors (Lipinski definition) is 4. The fourth-order valence-corrected chi connectivity index (χ4v) is 3.92. The fraction of sp³-hybridized carbons (Fsp3) is 0.391. The minimum atomic E-state index is -4.33. The van der Waals surface area contributed by atoms with E-state index in [-0.39, 0.29) is 6.04 Å². The van der Waals surface area contributed by atoms with Gasteiger partial charge in [-0.25, -0.2) is 4.98 Å². The number of aromatic nitrogens is 1. The van der Waals surface area contributed by atoms with E-state index in [0.29, 0.717) is 0 Å². The van der Waals surface area contributed by atoms with E-state index in [4.69, 9.17) is 0 Å². The van der Waals surface area contributed by atoms with Crippen LogP contribution in [0.15, 0.2) is 58.7 Å². The van der Waals surface area contributed by atoms with E-state index in [9.17, 15) is 13.2 Å². The predicted octanol–water partition coefficient (Wildman–Crippen LogP) is 4.68. The number of hydrogen-bond donors (Lipinski definition) is 0. The van der Waals surface area contributed by atoms with Gasteiger partial charge < -0.3 is 4.90 Å². The SMILES string of the molecule is CC1=C(CN2CCN(c3ncccc3-c3ccc(C(F)(F)F)cc3)CC2)C=NC1C. The van der Waals surface area contributed by atoms with Crippen LogP contribution in [0.4, 0.5) is 19.0 Å². The highest BCUT2D eigenvalue weighted by Crippen LogP contribution is 2.33. The average Bonchev–Trinajstić information content (AvgIpc) is 3.06. The normalized spacial score (nSPS) is 20.3. The quantitative estimate of drug-likeness (QED) is 0.728. The first kappa shape index (κ1) is 20.6. The number of pyridine rings is 1. The third-order valence-electron chi connectivity index (χ3n) is 5.96. The maximum atomic E-state index is 12.9. The van der Waals surface area contributed by atoms with Crippen LogP contribution in [0.5, 0.6) is 0 Å². The molecule has 2 aliphatic heterocycles. The zero-order valence-corrected chi connectivity index (χ0v) is 17.2. The smallest absolute Gasteiger partial charge is 0.354 e. The Labute approximate surface area is 174 Å². The summed E-state index contributed by atoms with van der Waals surface area (Å²) in [5.74, 6) is 0.823. The summed E-state index contributed by atoms with van der Waals surface area (Å²) >= 11 is 0. The number of aliphatic imine (C=N–C) groups is 1. The highest BCUT2D eigenvalue weighted by Gasteiger charge is 2.30. The Kier molecular flexibility index (Phi) is 5.64. The molecule has 2 aliphatic rings. The molecule has 7 heteroatoms. The first-order valence-electron chi connectivity index (χ1n) is 10.2. The molecule has 4 rings (SSSR count). The molecule has 0 radical (unpaired) electrons. The molecule has 1 aromatic heterocycles. The monoisotopic (exact) mass is 414 g/mol. The van der Waals surface area contributed by atoms with Gasteiger partial charge in [0.15, 0.2) is 0 Å². The number of nitrogens with zero attached hydrogens (tertiary/aromatic N) is 4. The highest BCUT2D eigenvalue weighted by molar-refractivity contribution is 5.83. The molecule has 0 N–H and O–H groups in total. The van der Waals surface area contributed by atoms with E-state index in [1.165, 1.54) is 23.3 Å². The van der Waals surface area contributed by atoms with Crippen molar-refractivity contribution in [2.45, 2.75) is 26.1 Å². The summed E-state index contributed by atoms with van der Waals surface area (Å²) in [4.78, 5) is 13.7. The summed E-state index contributed by atoms with van der Waals surface area (Å²) in [6.07, 6.45) is -0.601. The van der Waals surface area contributed by atoms with Gasteiger partial charge in [0, 0.05) is 50.7 Å². The number of rotatable bonds is 4. The second-order valence-corrected chi connectivity index (χ2v) is 7.88. The van der Waals surface area contributed by atoms with Crippen molar-refractivity contribution in [2.75, 3.05) is 37.6 Å². The number of benzene rings is 1. The fourth-order valence-electron chi connectivity index (χ4n) is 3.92. The number of halogens is 3. The molecule has 158 valence electrons. The summed E-state index contributed by atoms with van der Waals surface area (Å²) in [6, 6.07) is 9.32. The molecule has 1 saturated heterocycles. The molecule has 30 heavy (non-hydrogen) atoms. The molecule has 1 atom stereocenters. The van der Waals surface area contributed by atoms with Gasteiger partial charge in [-0.3, -0.25) is 9.89 Å².